The lowest BCUT2D eigenvalue weighted by Crippen LogP contribution is -2.31. The quantitative estimate of drug-likeness (QED) is 0.725. The average molecular weight is 323 g/mol. The number of rotatable bonds is 7. The monoisotopic (exact) mass is 323 g/mol. The number of fused-ring (bicyclic) bond motifs is 1. The van der Waals surface area contributed by atoms with E-state index in [1.165, 1.54) is 11.1 Å². The maximum Gasteiger partial charge on any atom is 0.157 e. The molecule has 1 aromatic carbocycles. The van der Waals surface area contributed by atoms with Crippen molar-refractivity contribution in [2.45, 2.75) is 19.9 Å². The molecule has 5 heteroatoms. The Morgan fingerprint density at radius 1 is 1.12 bits per heavy atom. The van der Waals surface area contributed by atoms with Gasteiger partial charge in [-0.1, -0.05) is 30.3 Å². The summed E-state index contributed by atoms with van der Waals surface area (Å²) in [4.78, 5) is 6.97. The Kier molecular flexibility index (Phi) is 5.23. The molecule has 0 saturated heterocycles. The predicted molar refractivity (Wildman–Crippen MR) is 97.7 cm³/mol. The number of pyridine rings is 1. The van der Waals surface area contributed by atoms with Gasteiger partial charge in [-0.15, -0.1) is 0 Å². The molecule has 3 aromatic rings. The first-order chi connectivity index (χ1) is 11.7. The summed E-state index contributed by atoms with van der Waals surface area (Å²) in [5.74, 6) is 0. The smallest absolute Gasteiger partial charge is 0.157 e. The van der Waals surface area contributed by atoms with E-state index in [-0.39, 0.29) is 0 Å². The maximum absolute atomic E-state index is 5.80. The lowest BCUT2D eigenvalue weighted by molar-refractivity contribution is 0.276. The number of aryl methyl sites for hydroxylation is 2. The van der Waals surface area contributed by atoms with Crippen molar-refractivity contribution in [1.82, 2.24) is 19.7 Å². The fraction of sp³-hybridized carbons (Fsp3) is 0.368. The Bertz CT molecular complexity index is 794. The van der Waals surface area contributed by atoms with Crippen LogP contribution in [0.2, 0.25) is 0 Å². The lowest BCUT2D eigenvalue weighted by Gasteiger charge is -2.21. The minimum Gasteiger partial charge on any atom is -0.329 e. The molecule has 0 aliphatic heterocycles. The van der Waals surface area contributed by atoms with Crippen LogP contribution in [0.3, 0.4) is 0 Å². The second kappa shape index (κ2) is 7.55. The van der Waals surface area contributed by atoms with E-state index in [4.69, 9.17) is 5.73 Å². The molecule has 0 saturated carbocycles. The molecule has 0 atom stereocenters. The van der Waals surface area contributed by atoms with E-state index < -0.39 is 0 Å². The Labute approximate surface area is 143 Å². The zero-order chi connectivity index (χ0) is 16.9. The molecule has 3 rings (SSSR count). The van der Waals surface area contributed by atoms with Crippen LogP contribution < -0.4 is 5.73 Å². The minimum absolute atomic E-state index is 0.663. The van der Waals surface area contributed by atoms with E-state index >= 15 is 0 Å². The second-order valence-electron chi connectivity index (χ2n) is 6.22. The van der Waals surface area contributed by atoms with Crippen LogP contribution in [0, 0.1) is 6.92 Å². The molecule has 0 fully saturated rings. The number of hydrogen-bond acceptors (Lipinski definition) is 4. The van der Waals surface area contributed by atoms with Crippen LogP contribution in [-0.2, 0) is 20.0 Å². The fourth-order valence-electron chi connectivity index (χ4n) is 3.08. The molecule has 0 unspecified atom stereocenters. The molecule has 5 nitrogen and oxygen atoms in total. The number of aromatic nitrogens is 3. The molecule has 2 aromatic heterocycles. The van der Waals surface area contributed by atoms with Crippen molar-refractivity contribution in [3.05, 3.63) is 59.4 Å². The molecule has 0 aliphatic carbocycles. The molecule has 0 spiro atoms. The van der Waals surface area contributed by atoms with E-state index in [0.717, 1.165) is 42.8 Å². The van der Waals surface area contributed by atoms with Crippen molar-refractivity contribution >= 4 is 11.0 Å². The summed E-state index contributed by atoms with van der Waals surface area (Å²) in [5.41, 5.74) is 10.3. The van der Waals surface area contributed by atoms with Gasteiger partial charge in [-0.25, -0.2) is 4.98 Å². The highest BCUT2D eigenvalue weighted by molar-refractivity contribution is 5.78. The van der Waals surface area contributed by atoms with Crippen LogP contribution in [0.25, 0.3) is 11.0 Å². The summed E-state index contributed by atoms with van der Waals surface area (Å²) in [6.07, 6.45) is 2.98. The molecule has 24 heavy (non-hydrogen) atoms. The van der Waals surface area contributed by atoms with Gasteiger partial charge in [-0.2, -0.15) is 5.10 Å². The normalized spacial score (nSPS) is 11.5. The predicted octanol–water partition coefficient (Wildman–Crippen LogP) is 2.28. The van der Waals surface area contributed by atoms with Gasteiger partial charge in [0.05, 0.1) is 5.69 Å². The van der Waals surface area contributed by atoms with Crippen molar-refractivity contribution in [1.29, 1.82) is 0 Å². The van der Waals surface area contributed by atoms with Gasteiger partial charge in [-0.05, 0) is 30.5 Å². The minimum atomic E-state index is 0.663. The summed E-state index contributed by atoms with van der Waals surface area (Å²) in [6, 6.07) is 12.8. The first-order valence-corrected chi connectivity index (χ1v) is 8.42. The van der Waals surface area contributed by atoms with Gasteiger partial charge in [0.1, 0.15) is 0 Å². The molecule has 0 aliphatic rings. The average Bonchev–Trinajstić information content (AvgIpc) is 2.88. The van der Waals surface area contributed by atoms with Crippen molar-refractivity contribution < 1.29 is 0 Å². The van der Waals surface area contributed by atoms with Gasteiger partial charge in [0, 0.05) is 44.8 Å². The van der Waals surface area contributed by atoms with Gasteiger partial charge in [-0.3, -0.25) is 9.58 Å². The Morgan fingerprint density at radius 2 is 1.92 bits per heavy atom. The third-order valence-corrected chi connectivity index (χ3v) is 4.33. The van der Waals surface area contributed by atoms with Crippen LogP contribution >= 0.6 is 0 Å². The molecule has 2 N–H and O–H groups in total. The Hall–Kier alpha value is -2.24. The highest BCUT2D eigenvalue weighted by Crippen LogP contribution is 2.17. The second-order valence-corrected chi connectivity index (χ2v) is 6.22. The van der Waals surface area contributed by atoms with Crippen LogP contribution in [0.5, 0.6) is 0 Å². The van der Waals surface area contributed by atoms with Crippen LogP contribution in [0.1, 0.15) is 16.8 Å². The van der Waals surface area contributed by atoms with E-state index in [9.17, 15) is 0 Å². The zero-order valence-corrected chi connectivity index (χ0v) is 14.4. The van der Waals surface area contributed by atoms with E-state index in [0.29, 0.717) is 6.54 Å². The van der Waals surface area contributed by atoms with E-state index in [2.05, 4.69) is 51.4 Å². The highest BCUT2D eigenvalue weighted by atomic mass is 15.3. The fourth-order valence-corrected chi connectivity index (χ4v) is 3.08. The summed E-state index contributed by atoms with van der Waals surface area (Å²) in [7, 11) is 1.93. The Morgan fingerprint density at radius 3 is 2.67 bits per heavy atom. The first kappa shape index (κ1) is 16.6. The topological polar surface area (TPSA) is 60.0 Å². The van der Waals surface area contributed by atoms with Gasteiger partial charge in [0.15, 0.2) is 5.65 Å². The molecule has 126 valence electrons. The third-order valence-electron chi connectivity index (χ3n) is 4.33. The SMILES string of the molecule is Cc1nn(C)c2ncc(CN(CCN)CCc3ccccc3)cc12. The van der Waals surface area contributed by atoms with Gasteiger partial charge in [0.25, 0.3) is 0 Å². The molecule has 2 heterocycles. The standard InChI is InChI=1S/C19H25N5/c1-15-18-12-17(13-21-19(18)23(2)22-15)14-24(11-9-20)10-8-16-6-4-3-5-7-16/h3-7,12-13H,8-11,14,20H2,1-2H3. The van der Waals surface area contributed by atoms with Crippen LogP contribution in [0.15, 0.2) is 42.6 Å². The first-order valence-electron chi connectivity index (χ1n) is 8.42. The molecular formula is C19H25N5. The van der Waals surface area contributed by atoms with Gasteiger partial charge in [0.2, 0.25) is 0 Å². The third kappa shape index (κ3) is 3.80. The number of hydrogen-bond donors (Lipinski definition) is 1. The van der Waals surface area contributed by atoms with Crippen LogP contribution in [0.4, 0.5) is 0 Å². The highest BCUT2D eigenvalue weighted by Gasteiger charge is 2.10. The largest absolute Gasteiger partial charge is 0.329 e. The van der Waals surface area contributed by atoms with Crippen LogP contribution in [-0.4, -0.2) is 39.3 Å². The number of nitrogens with two attached hydrogens (primary N) is 1. The van der Waals surface area contributed by atoms with Crippen molar-refractivity contribution in [3.8, 4) is 0 Å². The van der Waals surface area contributed by atoms with Gasteiger partial charge >= 0.3 is 0 Å². The summed E-state index contributed by atoms with van der Waals surface area (Å²) >= 11 is 0. The zero-order valence-electron chi connectivity index (χ0n) is 14.4. The Balaban J connectivity index is 1.71. The summed E-state index contributed by atoms with van der Waals surface area (Å²) < 4.78 is 1.83. The number of benzene rings is 1. The summed E-state index contributed by atoms with van der Waals surface area (Å²) in [6.45, 7) is 5.43. The molecule has 0 amide bonds. The number of nitrogens with zero attached hydrogens (tertiary/aromatic N) is 4. The molecule has 0 radical (unpaired) electrons. The maximum atomic E-state index is 5.80. The molecule has 0 bridgehead atoms. The van der Waals surface area contributed by atoms with Gasteiger partial charge < -0.3 is 5.73 Å². The lowest BCUT2D eigenvalue weighted by atomic mass is 10.1. The van der Waals surface area contributed by atoms with Crippen molar-refractivity contribution in [2.24, 2.45) is 12.8 Å². The van der Waals surface area contributed by atoms with E-state index in [1.807, 2.05) is 24.9 Å². The van der Waals surface area contributed by atoms with Crippen molar-refractivity contribution in [2.75, 3.05) is 19.6 Å². The van der Waals surface area contributed by atoms with E-state index in [1.54, 1.807) is 0 Å². The molecular weight excluding hydrogens is 298 g/mol. The summed E-state index contributed by atoms with van der Waals surface area (Å²) in [5, 5.41) is 5.57. The van der Waals surface area contributed by atoms with Crippen molar-refractivity contribution in [3.63, 3.8) is 0 Å².